The van der Waals surface area contributed by atoms with E-state index < -0.39 is 4.92 Å². The number of rotatable bonds is 6. The molecule has 0 aromatic carbocycles. The molecule has 0 spiro atoms. The molecule has 1 heterocycles. The summed E-state index contributed by atoms with van der Waals surface area (Å²) in [6, 6.07) is 2.75. The van der Waals surface area contributed by atoms with E-state index in [2.05, 4.69) is 10.5 Å². The predicted octanol–water partition coefficient (Wildman–Crippen LogP) is 4.80. The second-order valence-corrected chi connectivity index (χ2v) is 10.2. The zero-order valence-electron chi connectivity index (χ0n) is 16.8. The van der Waals surface area contributed by atoms with Gasteiger partial charge in [-0.05, 0) is 86.0 Å². The average Bonchev–Trinajstić information content (AvgIpc) is 3.32. The van der Waals surface area contributed by atoms with Crippen LogP contribution >= 0.6 is 0 Å². The van der Waals surface area contributed by atoms with Crippen LogP contribution in [-0.4, -0.2) is 17.0 Å². The van der Waals surface area contributed by atoms with Gasteiger partial charge in [0.25, 0.3) is 0 Å². The molecule has 1 aromatic rings. The van der Waals surface area contributed by atoms with Crippen molar-refractivity contribution in [2.75, 3.05) is 0 Å². The first-order valence-corrected chi connectivity index (χ1v) is 11.0. The Kier molecular flexibility index (Phi) is 4.51. The summed E-state index contributed by atoms with van der Waals surface area (Å²) in [5, 5.41) is 14.6. The molecule has 7 nitrogen and oxygen atoms in total. The summed E-state index contributed by atoms with van der Waals surface area (Å²) in [5.74, 6) is 2.36. The van der Waals surface area contributed by atoms with Crippen LogP contribution < -0.4 is 5.43 Å². The van der Waals surface area contributed by atoms with E-state index in [0.717, 1.165) is 17.8 Å². The van der Waals surface area contributed by atoms with Crippen LogP contribution in [0.2, 0.25) is 0 Å². The van der Waals surface area contributed by atoms with Gasteiger partial charge in [0.2, 0.25) is 5.91 Å². The summed E-state index contributed by atoms with van der Waals surface area (Å²) in [6.45, 7) is 0. The third-order valence-corrected chi connectivity index (χ3v) is 8.16. The van der Waals surface area contributed by atoms with Crippen LogP contribution in [0.4, 0.5) is 5.88 Å². The normalized spacial score (nSPS) is 36.1. The van der Waals surface area contributed by atoms with Crippen molar-refractivity contribution in [2.45, 2.75) is 70.6 Å². The lowest BCUT2D eigenvalue weighted by Crippen LogP contribution is -2.55. The summed E-state index contributed by atoms with van der Waals surface area (Å²) in [5.41, 5.74) is 3.27. The fraction of sp³-hybridized carbons (Fsp3) is 0.727. The number of nitrogens with one attached hydrogen (secondary N) is 1. The van der Waals surface area contributed by atoms with Crippen molar-refractivity contribution in [3.05, 3.63) is 28.0 Å². The van der Waals surface area contributed by atoms with Crippen LogP contribution in [0.5, 0.6) is 0 Å². The lowest BCUT2D eigenvalue weighted by Gasteiger charge is -2.64. The molecule has 156 valence electrons. The van der Waals surface area contributed by atoms with Crippen molar-refractivity contribution in [1.82, 2.24) is 5.43 Å². The smallest absolute Gasteiger partial charge is 0.400 e. The molecule has 2 atom stereocenters. The Labute approximate surface area is 170 Å². The molecule has 0 radical (unpaired) electrons. The first-order valence-electron chi connectivity index (χ1n) is 11.0. The molecule has 1 aromatic heterocycles. The molecule has 1 N–H and O–H groups in total. The van der Waals surface area contributed by atoms with Gasteiger partial charge in [-0.25, -0.2) is 5.43 Å². The molecular formula is C22H29N3O4. The highest BCUT2D eigenvalue weighted by molar-refractivity contribution is 5.80. The van der Waals surface area contributed by atoms with Gasteiger partial charge in [0.15, 0.2) is 5.76 Å². The Morgan fingerprint density at radius 1 is 1.24 bits per heavy atom. The molecule has 7 heteroatoms. The zero-order valence-corrected chi connectivity index (χ0v) is 16.8. The number of carbonyl (C=O) groups is 1. The van der Waals surface area contributed by atoms with Gasteiger partial charge in [-0.3, -0.25) is 14.9 Å². The van der Waals surface area contributed by atoms with Crippen molar-refractivity contribution < 1.29 is 14.1 Å². The van der Waals surface area contributed by atoms with E-state index in [0.29, 0.717) is 11.8 Å². The van der Waals surface area contributed by atoms with Crippen molar-refractivity contribution in [3.8, 4) is 0 Å². The molecule has 0 saturated heterocycles. The average molecular weight is 399 g/mol. The van der Waals surface area contributed by atoms with Crippen LogP contribution in [0.25, 0.3) is 0 Å². The fourth-order valence-electron chi connectivity index (χ4n) is 7.81. The first-order chi connectivity index (χ1) is 14.0. The highest BCUT2D eigenvalue weighted by Crippen LogP contribution is 2.69. The van der Waals surface area contributed by atoms with E-state index in [1.54, 1.807) is 0 Å². The summed E-state index contributed by atoms with van der Waals surface area (Å²) >= 11 is 0. The third-order valence-electron chi connectivity index (χ3n) is 8.16. The third kappa shape index (κ3) is 3.49. The molecule has 6 rings (SSSR count). The Balaban J connectivity index is 1.24. The lowest BCUT2D eigenvalue weighted by atomic mass is 9.41. The first kappa shape index (κ1) is 18.8. The van der Waals surface area contributed by atoms with Crippen molar-refractivity contribution in [3.63, 3.8) is 0 Å². The summed E-state index contributed by atoms with van der Waals surface area (Å²) in [6.07, 6.45) is 15.2. The second kappa shape index (κ2) is 6.96. The van der Waals surface area contributed by atoms with E-state index >= 15 is 0 Å². The minimum atomic E-state index is -0.594. The molecule has 4 bridgehead atoms. The monoisotopic (exact) mass is 399 g/mol. The minimum Gasteiger partial charge on any atom is -0.400 e. The van der Waals surface area contributed by atoms with Gasteiger partial charge >= 0.3 is 5.88 Å². The molecule has 5 aliphatic rings. The van der Waals surface area contributed by atoms with E-state index in [1.807, 2.05) is 0 Å². The van der Waals surface area contributed by atoms with Gasteiger partial charge in [0.05, 0.1) is 12.3 Å². The van der Waals surface area contributed by atoms with Gasteiger partial charge in [-0.15, -0.1) is 0 Å². The number of hydrogen-bond acceptors (Lipinski definition) is 5. The fourth-order valence-corrected chi connectivity index (χ4v) is 7.81. The van der Waals surface area contributed by atoms with E-state index in [4.69, 9.17) is 4.42 Å². The molecular weight excluding hydrogens is 370 g/mol. The van der Waals surface area contributed by atoms with E-state index in [-0.39, 0.29) is 23.0 Å². The van der Waals surface area contributed by atoms with Gasteiger partial charge < -0.3 is 4.42 Å². The highest BCUT2D eigenvalue weighted by Gasteiger charge is 2.60. The van der Waals surface area contributed by atoms with Gasteiger partial charge in [-0.1, -0.05) is 12.8 Å². The van der Waals surface area contributed by atoms with Crippen molar-refractivity contribution >= 4 is 18.0 Å². The van der Waals surface area contributed by atoms with E-state index in [1.165, 1.54) is 82.6 Å². The molecule has 1 amide bonds. The Hall–Kier alpha value is -2.18. The Morgan fingerprint density at radius 2 is 1.97 bits per heavy atom. The van der Waals surface area contributed by atoms with Crippen LogP contribution in [0.1, 0.15) is 76.4 Å². The maximum atomic E-state index is 12.7. The topological polar surface area (TPSA) is 97.7 Å². The second-order valence-electron chi connectivity index (χ2n) is 10.2. The molecule has 5 saturated carbocycles. The number of nitrogens with zero attached hydrogens (tertiary/aromatic N) is 2. The van der Waals surface area contributed by atoms with Gasteiger partial charge in [0, 0.05) is 6.42 Å². The summed E-state index contributed by atoms with van der Waals surface area (Å²) in [4.78, 5) is 22.8. The highest BCUT2D eigenvalue weighted by atomic mass is 16.6. The SMILES string of the molecule is O=C(CC12CC3CC(C1)CC(C1CCCC1)(C3)C2)N/N=C/c1ccc([N+](=O)[O-])o1. The molecule has 29 heavy (non-hydrogen) atoms. The predicted molar refractivity (Wildman–Crippen MR) is 107 cm³/mol. The Bertz CT molecular complexity index is 825. The lowest BCUT2D eigenvalue weighted by molar-refractivity contribution is -0.402. The summed E-state index contributed by atoms with van der Waals surface area (Å²) < 4.78 is 5.03. The number of amides is 1. The number of nitro groups is 1. The zero-order chi connectivity index (χ0) is 20.1. The number of carbonyl (C=O) groups excluding carboxylic acids is 1. The van der Waals surface area contributed by atoms with Crippen LogP contribution in [0.3, 0.4) is 0 Å². The van der Waals surface area contributed by atoms with Crippen LogP contribution in [-0.2, 0) is 4.79 Å². The standard InChI is InChI=1S/C22H29N3O4/c26-19(24-23-13-18-5-6-20(29-18)25(27)28)12-21-8-15-7-16(9-21)11-22(10-15,14-21)17-3-1-2-4-17/h5-6,13,15-17H,1-4,7-12,14H2,(H,24,26)/b23-13+. The quantitative estimate of drug-likeness (QED) is 0.422. The van der Waals surface area contributed by atoms with Crippen LogP contribution in [0.15, 0.2) is 21.7 Å². The molecule has 2 unspecified atom stereocenters. The largest absolute Gasteiger partial charge is 0.433 e. The van der Waals surface area contributed by atoms with Crippen LogP contribution in [0, 0.1) is 38.7 Å². The van der Waals surface area contributed by atoms with Crippen molar-refractivity contribution in [1.29, 1.82) is 0 Å². The summed E-state index contributed by atoms with van der Waals surface area (Å²) in [7, 11) is 0. The number of furan rings is 1. The number of hydrogen-bond donors (Lipinski definition) is 1. The maximum absolute atomic E-state index is 12.7. The van der Waals surface area contributed by atoms with Crippen molar-refractivity contribution in [2.24, 2.45) is 33.7 Å². The molecule has 0 aliphatic heterocycles. The van der Waals surface area contributed by atoms with Gasteiger partial charge in [0.1, 0.15) is 4.92 Å². The minimum absolute atomic E-state index is 0.0502. The maximum Gasteiger partial charge on any atom is 0.433 e. The Morgan fingerprint density at radius 3 is 2.62 bits per heavy atom. The van der Waals surface area contributed by atoms with E-state index in [9.17, 15) is 14.9 Å². The number of hydrazone groups is 1. The van der Waals surface area contributed by atoms with Gasteiger partial charge in [-0.2, -0.15) is 5.10 Å². The molecule has 5 aliphatic carbocycles. The molecule has 5 fully saturated rings.